The topological polar surface area (TPSA) is 15.3 Å². The van der Waals surface area contributed by atoms with Crippen LogP contribution in [-0.2, 0) is 0 Å². The Bertz CT molecular complexity index is 615. The van der Waals surface area contributed by atoms with E-state index in [0.29, 0.717) is 23.4 Å². The summed E-state index contributed by atoms with van der Waals surface area (Å²) in [6.45, 7) is 1.12. The van der Waals surface area contributed by atoms with Crippen molar-refractivity contribution in [1.82, 2.24) is 10.2 Å². The van der Waals surface area contributed by atoms with Crippen LogP contribution in [0, 0.1) is 0 Å². The van der Waals surface area contributed by atoms with E-state index in [1.807, 2.05) is 0 Å². The lowest BCUT2D eigenvalue weighted by molar-refractivity contribution is 0.0790. The van der Waals surface area contributed by atoms with Gasteiger partial charge in [-0.3, -0.25) is 0 Å². The van der Waals surface area contributed by atoms with Crippen LogP contribution in [0.5, 0.6) is 0 Å². The van der Waals surface area contributed by atoms with Gasteiger partial charge in [0.05, 0.1) is 0 Å². The summed E-state index contributed by atoms with van der Waals surface area (Å²) in [6, 6.07) is 22.8. The van der Waals surface area contributed by atoms with Crippen molar-refractivity contribution in [2.24, 2.45) is 0 Å². The normalized spacial score (nSPS) is 32.7. The van der Waals surface area contributed by atoms with Crippen LogP contribution in [-0.4, -0.2) is 37.1 Å². The lowest BCUT2D eigenvalue weighted by Gasteiger charge is -2.49. The molecule has 0 aromatic heterocycles. The van der Waals surface area contributed by atoms with Gasteiger partial charge in [-0.1, -0.05) is 60.7 Å². The lowest BCUT2D eigenvalue weighted by Crippen LogP contribution is -2.52. The highest BCUT2D eigenvalue weighted by Crippen LogP contribution is 2.50. The zero-order valence-corrected chi connectivity index (χ0v) is 14.8. The molecule has 2 bridgehead atoms. The predicted octanol–water partition coefficient (Wildman–Crippen LogP) is 4.01. The molecule has 0 unspecified atom stereocenters. The third-order valence-corrected chi connectivity index (χ3v) is 6.44. The molecule has 2 saturated heterocycles. The van der Waals surface area contributed by atoms with Gasteiger partial charge in [0.1, 0.15) is 0 Å². The van der Waals surface area contributed by atoms with E-state index in [9.17, 15) is 0 Å². The second-order valence-corrected chi connectivity index (χ2v) is 7.79. The summed E-state index contributed by atoms with van der Waals surface area (Å²) in [5.41, 5.74) is 3.27. The van der Waals surface area contributed by atoms with Gasteiger partial charge in [-0.15, -0.1) is 0 Å². The second-order valence-electron chi connectivity index (χ2n) is 7.79. The van der Waals surface area contributed by atoms with E-state index >= 15 is 0 Å². The summed E-state index contributed by atoms with van der Waals surface area (Å²) >= 11 is 0. The van der Waals surface area contributed by atoms with Crippen molar-refractivity contribution in [2.45, 2.75) is 42.7 Å². The molecule has 2 heterocycles. The van der Waals surface area contributed by atoms with Gasteiger partial charge >= 0.3 is 0 Å². The molecule has 5 rings (SSSR count). The molecule has 24 heavy (non-hydrogen) atoms. The highest BCUT2D eigenvalue weighted by atomic mass is 15.2. The van der Waals surface area contributed by atoms with Crippen molar-refractivity contribution >= 4 is 0 Å². The van der Waals surface area contributed by atoms with E-state index in [4.69, 9.17) is 0 Å². The molecule has 2 nitrogen and oxygen atoms in total. The molecule has 1 N–H and O–H groups in total. The molecule has 0 amide bonds. The quantitative estimate of drug-likeness (QED) is 0.919. The van der Waals surface area contributed by atoms with Gasteiger partial charge in [-0.2, -0.15) is 0 Å². The fraction of sp³-hybridized carbons (Fsp3) is 0.455. The van der Waals surface area contributed by atoms with Crippen LogP contribution in [0.25, 0.3) is 0 Å². The van der Waals surface area contributed by atoms with E-state index in [-0.39, 0.29) is 0 Å². The molecule has 1 saturated carbocycles. The first kappa shape index (κ1) is 15.9. The number of benzene rings is 2. The average Bonchev–Trinajstić information content (AvgIpc) is 2.94. The standard InChI is InChI=1S/C22H28N2/c1-24(2)22-13-14-23-21(19(15-22)17-9-5-3-6-10-17)20(16-22)18-11-7-4-8-12-18/h3-12,19-21,23H,13-16H2,1-2H3/t19-,20-,21?,22?/m0/s1. The van der Waals surface area contributed by atoms with Crippen LogP contribution in [0.1, 0.15) is 42.2 Å². The number of nitrogens with zero attached hydrogens (tertiary/aromatic N) is 1. The zero-order chi connectivity index (χ0) is 16.6. The van der Waals surface area contributed by atoms with Crippen molar-refractivity contribution in [3.8, 4) is 0 Å². The molecule has 2 heteroatoms. The van der Waals surface area contributed by atoms with Crippen molar-refractivity contribution in [1.29, 1.82) is 0 Å². The minimum absolute atomic E-state index is 0.293. The van der Waals surface area contributed by atoms with E-state index in [1.54, 1.807) is 0 Å². The highest BCUT2D eigenvalue weighted by Gasteiger charge is 2.49. The fourth-order valence-corrected chi connectivity index (χ4v) is 5.04. The number of rotatable bonds is 3. The van der Waals surface area contributed by atoms with E-state index in [1.165, 1.54) is 30.4 Å². The zero-order valence-electron chi connectivity index (χ0n) is 14.8. The summed E-state index contributed by atoms with van der Waals surface area (Å²) in [5.74, 6) is 1.16. The van der Waals surface area contributed by atoms with Gasteiger partial charge in [0.15, 0.2) is 0 Å². The Kier molecular flexibility index (Phi) is 4.19. The molecule has 126 valence electrons. The molecular weight excluding hydrogens is 292 g/mol. The first-order valence-electron chi connectivity index (χ1n) is 9.20. The highest BCUT2D eigenvalue weighted by molar-refractivity contribution is 5.32. The fourth-order valence-electron chi connectivity index (χ4n) is 5.04. The van der Waals surface area contributed by atoms with Gasteiger partial charge in [0, 0.05) is 23.4 Å². The molecule has 0 spiro atoms. The van der Waals surface area contributed by atoms with Gasteiger partial charge in [0.25, 0.3) is 0 Å². The molecule has 2 aromatic carbocycles. The first-order chi connectivity index (χ1) is 11.7. The van der Waals surface area contributed by atoms with E-state index in [0.717, 1.165) is 6.54 Å². The maximum Gasteiger partial charge on any atom is 0.0228 e. The summed E-state index contributed by atoms with van der Waals surface area (Å²) in [7, 11) is 4.55. The third kappa shape index (κ3) is 2.68. The average molecular weight is 320 g/mol. The Morgan fingerprint density at radius 3 is 1.79 bits per heavy atom. The van der Waals surface area contributed by atoms with Crippen LogP contribution in [0.3, 0.4) is 0 Å². The Morgan fingerprint density at radius 2 is 1.33 bits per heavy atom. The molecule has 0 radical (unpaired) electrons. The van der Waals surface area contributed by atoms with Crippen LogP contribution >= 0.6 is 0 Å². The molecule has 2 aliphatic heterocycles. The summed E-state index contributed by atoms with van der Waals surface area (Å²) in [6.07, 6.45) is 3.75. The van der Waals surface area contributed by atoms with Crippen molar-refractivity contribution in [3.63, 3.8) is 0 Å². The number of fused-ring (bicyclic) bond motifs is 4. The maximum atomic E-state index is 3.92. The van der Waals surface area contributed by atoms with Crippen molar-refractivity contribution in [2.75, 3.05) is 20.6 Å². The van der Waals surface area contributed by atoms with E-state index in [2.05, 4.69) is 85.0 Å². The maximum absolute atomic E-state index is 3.92. The Morgan fingerprint density at radius 1 is 0.833 bits per heavy atom. The smallest absolute Gasteiger partial charge is 0.0228 e. The number of hydrogen-bond acceptors (Lipinski definition) is 2. The van der Waals surface area contributed by atoms with Crippen LogP contribution in [0.4, 0.5) is 0 Å². The molecular formula is C22H28N2. The van der Waals surface area contributed by atoms with Crippen LogP contribution in [0.15, 0.2) is 60.7 Å². The van der Waals surface area contributed by atoms with Crippen LogP contribution in [0.2, 0.25) is 0 Å². The SMILES string of the molecule is CN(C)C12CCNC([C@H](c3ccccc3)C1)[C@H](c1ccccc1)C2. The second kappa shape index (κ2) is 6.34. The predicted molar refractivity (Wildman–Crippen MR) is 100 cm³/mol. The lowest BCUT2D eigenvalue weighted by atomic mass is 9.64. The number of nitrogens with one attached hydrogen (secondary N) is 1. The molecule has 1 aliphatic carbocycles. The molecule has 3 aliphatic rings. The van der Waals surface area contributed by atoms with Gasteiger partial charge in [0.2, 0.25) is 0 Å². The Hall–Kier alpha value is -1.64. The van der Waals surface area contributed by atoms with Gasteiger partial charge < -0.3 is 10.2 Å². The van der Waals surface area contributed by atoms with Crippen molar-refractivity contribution < 1.29 is 0 Å². The molecule has 3 fully saturated rings. The number of hydrogen-bond donors (Lipinski definition) is 1. The summed E-state index contributed by atoms with van der Waals surface area (Å²) in [5, 5.41) is 3.92. The minimum Gasteiger partial charge on any atom is -0.313 e. The summed E-state index contributed by atoms with van der Waals surface area (Å²) < 4.78 is 0. The minimum atomic E-state index is 0.293. The molecule has 2 atom stereocenters. The Labute approximate surface area is 145 Å². The third-order valence-electron chi connectivity index (χ3n) is 6.44. The first-order valence-corrected chi connectivity index (χ1v) is 9.20. The van der Waals surface area contributed by atoms with Gasteiger partial charge in [-0.05, 0) is 51.0 Å². The van der Waals surface area contributed by atoms with Gasteiger partial charge in [-0.25, -0.2) is 0 Å². The van der Waals surface area contributed by atoms with E-state index < -0.39 is 0 Å². The Balaban J connectivity index is 1.79. The largest absolute Gasteiger partial charge is 0.313 e. The monoisotopic (exact) mass is 320 g/mol. The molecule has 2 aromatic rings. The van der Waals surface area contributed by atoms with Crippen molar-refractivity contribution in [3.05, 3.63) is 71.8 Å². The van der Waals surface area contributed by atoms with Crippen LogP contribution < -0.4 is 5.32 Å². The summed E-state index contributed by atoms with van der Waals surface area (Å²) in [4.78, 5) is 2.50.